The van der Waals surface area contributed by atoms with Crippen LogP contribution >= 0.6 is 0 Å². The highest BCUT2D eigenvalue weighted by Crippen LogP contribution is 2.14. The Bertz CT molecular complexity index is 419. The molecule has 112 valence electrons. The molecule has 20 heavy (non-hydrogen) atoms. The van der Waals surface area contributed by atoms with Crippen molar-refractivity contribution in [3.05, 3.63) is 35.4 Å². The number of aliphatic hydroxyl groups is 1. The lowest BCUT2D eigenvalue weighted by molar-refractivity contribution is -0.122. The van der Waals surface area contributed by atoms with Crippen LogP contribution in [0.2, 0.25) is 0 Å². The summed E-state index contributed by atoms with van der Waals surface area (Å²) >= 11 is 0. The first-order valence-corrected chi connectivity index (χ1v) is 7.20. The smallest absolute Gasteiger partial charge is 0.220 e. The molecule has 1 aromatic rings. The first-order chi connectivity index (χ1) is 9.55. The molecule has 0 saturated carbocycles. The Morgan fingerprint density at radius 2 is 2.05 bits per heavy atom. The van der Waals surface area contributed by atoms with Crippen molar-refractivity contribution in [2.24, 2.45) is 17.6 Å². The number of carbonyl (C=O) groups excluding carboxylic acids is 1. The number of hydrogen-bond acceptors (Lipinski definition) is 3. The minimum absolute atomic E-state index is 0.0193. The molecule has 1 rings (SSSR count). The van der Waals surface area contributed by atoms with Gasteiger partial charge in [-0.3, -0.25) is 4.79 Å². The molecular formula is C16H26N2O2. The number of nitrogens with two attached hydrogens (primary N) is 1. The summed E-state index contributed by atoms with van der Waals surface area (Å²) < 4.78 is 0. The predicted molar refractivity (Wildman–Crippen MR) is 80.8 cm³/mol. The Kier molecular flexibility index (Phi) is 7.26. The average Bonchev–Trinajstić information content (AvgIpc) is 2.44. The number of hydrogen-bond donors (Lipinski definition) is 3. The summed E-state index contributed by atoms with van der Waals surface area (Å²) in [5.41, 5.74) is 7.56. The highest BCUT2D eigenvalue weighted by Gasteiger charge is 2.13. The standard InChI is InChI=1S/C16H26N2O2/c1-12(2)6-15(9-17)8-16(20)18-10-13-4-3-5-14(7-13)11-19/h3-5,7,12,15,19H,6,8-11,17H2,1-2H3,(H,18,20)/t15-/m0/s1. The van der Waals surface area contributed by atoms with Gasteiger partial charge in [0.2, 0.25) is 5.91 Å². The van der Waals surface area contributed by atoms with Crippen molar-refractivity contribution in [2.45, 2.75) is 39.8 Å². The van der Waals surface area contributed by atoms with Gasteiger partial charge in [-0.25, -0.2) is 0 Å². The number of rotatable bonds is 8. The first-order valence-electron chi connectivity index (χ1n) is 7.20. The number of benzene rings is 1. The predicted octanol–water partition coefficient (Wildman–Crippen LogP) is 1.81. The van der Waals surface area contributed by atoms with E-state index in [1.165, 1.54) is 0 Å². The van der Waals surface area contributed by atoms with Gasteiger partial charge in [-0.05, 0) is 35.9 Å². The van der Waals surface area contributed by atoms with Crippen molar-refractivity contribution in [2.75, 3.05) is 6.54 Å². The number of aliphatic hydroxyl groups excluding tert-OH is 1. The van der Waals surface area contributed by atoms with Gasteiger partial charge in [0.1, 0.15) is 0 Å². The van der Waals surface area contributed by atoms with Crippen LogP contribution in [-0.4, -0.2) is 17.6 Å². The normalized spacial score (nSPS) is 12.4. The minimum atomic E-state index is 0.0193. The van der Waals surface area contributed by atoms with Crippen LogP contribution < -0.4 is 11.1 Å². The summed E-state index contributed by atoms with van der Waals surface area (Å²) in [7, 11) is 0. The summed E-state index contributed by atoms with van der Waals surface area (Å²) in [6, 6.07) is 7.58. The fourth-order valence-corrected chi connectivity index (χ4v) is 2.30. The first kappa shape index (κ1) is 16.7. The number of nitrogens with one attached hydrogen (secondary N) is 1. The van der Waals surface area contributed by atoms with E-state index in [4.69, 9.17) is 10.8 Å². The van der Waals surface area contributed by atoms with E-state index in [2.05, 4.69) is 19.2 Å². The second-order valence-corrected chi connectivity index (χ2v) is 5.69. The second-order valence-electron chi connectivity index (χ2n) is 5.69. The van der Waals surface area contributed by atoms with E-state index in [0.29, 0.717) is 25.4 Å². The number of amides is 1. The van der Waals surface area contributed by atoms with Gasteiger partial charge in [0.05, 0.1) is 6.61 Å². The number of carbonyl (C=O) groups is 1. The van der Waals surface area contributed by atoms with Gasteiger partial charge in [0, 0.05) is 13.0 Å². The van der Waals surface area contributed by atoms with Gasteiger partial charge in [-0.1, -0.05) is 38.1 Å². The van der Waals surface area contributed by atoms with Crippen molar-refractivity contribution in [3.8, 4) is 0 Å². The maximum absolute atomic E-state index is 11.9. The minimum Gasteiger partial charge on any atom is -0.392 e. The molecule has 0 aliphatic carbocycles. The maximum Gasteiger partial charge on any atom is 0.220 e. The van der Waals surface area contributed by atoms with Crippen LogP contribution in [0.3, 0.4) is 0 Å². The van der Waals surface area contributed by atoms with Gasteiger partial charge in [-0.15, -0.1) is 0 Å². The Labute approximate surface area is 121 Å². The summed E-state index contributed by atoms with van der Waals surface area (Å²) in [6.07, 6.45) is 1.46. The molecule has 0 heterocycles. The topological polar surface area (TPSA) is 75.4 Å². The quantitative estimate of drug-likeness (QED) is 0.679. The Balaban J connectivity index is 2.42. The van der Waals surface area contributed by atoms with Gasteiger partial charge in [0.15, 0.2) is 0 Å². The molecule has 0 bridgehead atoms. The van der Waals surface area contributed by atoms with Crippen molar-refractivity contribution >= 4 is 5.91 Å². The molecule has 0 radical (unpaired) electrons. The maximum atomic E-state index is 11.9. The summed E-state index contributed by atoms with van der Waals surface area (Å²) in [5, 5.41) is 12.0. The lowest BCUT2D eigenvalue weighted by Gasteiger charge is -2.16. The summed E-state index contributed by atoms with van der Waals surface area (Å²) in [6.45, 7) is 5.34. The van der Waals surface area contributed by atoms with E-state index < -0.39 is 0 Å². The fraction of sp³-hybridized carbons (Fsp3) is 0.562. The second kappa shape index (κ2) is 8.72. The van der Waals surface area contributed by atoms with Gasteiger partial charge in [-0.2, -0.15) is 0 Å². The largest absolute Gasteiger partial charge is 0.392 e. The zero-order valence-electron chi connectivity index (χ0n) is 12.4. The molecule has 1 atom stereocenters. The third-order valence-electron chi connectivity index (χ3n) is 3.28. The molecule has 0 aromatic heterocycles. The highest BCUT2D eigenvalue weighted by molar-refractivity contribution is 5.76. The van der Waals surface area contributed by atoms with Crippen molar-refractivity contribution in [3.63, 3.8) is 0 Å². The van der Waals surface area contributed by atoms with Crippen LogP contribution in [0.15, 0.2) is 24.3 Å². The molecule has 1 amide bonds. The summed E-state index contributed by atoms with van der Waals surface area (Å²) in [5.74, 6) is 0.840. The molecule has 4 N–H and O–H groups in total. The fourth-order valence-electron chi connectivity index (χ4n) is 2.30. The highest BCUT2D eigenvalue weighted by atomic mass is 16.3. The van der Waals surface area contributed by atoms with Gasteiger partial charge in [0.25, 0.3) is 0 Å². The van der Waals surface area contributed by atoms with Gasteiger partial charge >= 0.3 is 0 Å². The lowest BCUT2D eigenvalue weighted by Crippen LogP contribution is -2.28. The van der Waals surface area contributed by atoms with E-state index in [0.717, 1.165) is 17.5 Å². The Morgan fingerprint density at radius 1 is 1.35 bits per heavy atom. The zero-order chi connectivity index (χ0) is 15.0. The molecule has 0 aliphatic rings. The van der Waals surface area contributed by atoms with E-state index in [1.54, 1.807) is 0 Å². The Morgan fingerprint density at radius 3 is 2.65 bits per heavy atom. The molecule has 0 saturated heterocycles. The summed E-state index contributed by atoms with van der Waals surface area (Å²) in [4.78, 5) is 11.9. The van der Waals surface area contributed by atoms with E-state index in [-0.39, 0.29) is 18.4 Å². The van der Waals surface area contributed by atoms with Crippen LogP contribution in [0, 0.1) is 11.8 Å². The molecule has 4 heteroatoms. The van der Waals surface area contributed by atoms with Crippen LogP contribution in [0.1, 0.15) is 37.8 Å². The van der Waals surface area contributed by atoms with Crippen LogP contribution in [0.4, 0.5) is 0 Å². The lowest BCUT2D eigenvalue weighted by atomic mass is 9.94. The van der Waals surface area contributed by atoms with Crippen molar-refractivity contribution in [1.29, 1.82) is 0 Å². The third-order valence-corrected chi connectivity index (χ3v) is 3.28. The SMILES string of the molecule is CC(C)C[C@H](CN)CC(=O)NCc1cccc(CO)c1. The molecule has 0 fully saturated rings. The van der Waals surface area contributed by atoms with Crippen LogP contribution in [-0.2, 0) is 17.9 Å². The monoisotopic (exact) mass is 278 g/mol. The van der Waals surface area contributed by atoms with Gasteiger partial charge < -0.3 is 16.2 Å². The van der Waals surface area contributed by atoms with Crippen molar-refractivity contribution < 1.29 is 9.90 Å². The molecule has 1 aromatic carbocycles. The van der Waals surface area contributed by atoms with E-state index in [9.17, 15) is 4.79 Å². The van der Waals surface area contributed by atoms with E-state index >= 15 is 0 Å². The molecule has 0 spiro atoms. The molecular weight excluding hydrogens is 252 g/mol. The van der Waals surface area contributed by atoms with Crippen LogP contribution in [0.25, 0.3) is 0 Å². The Hall–Kier alpha value is -1.39. The average molecular weight is 278 g/mol. The molecule has 4 nitrogen and oxygen atoms in total. The third kappa shape index (κ3) is 6.17. The van der Waals surface area contributed by atoms with E-state index in [1.807, 2.05) is 24.3 Å². The molecule has 0 aliphatic heterocycles. The van der Waals surface area contributed by atoms with Crippen LogP contribution in [0.5, 0.6) is 0 Å². The molecule has 0 unspecified atom stereocenters. The van der Waals surface area contributed by atoms with Crippen molar-refractivity contribution in [1.82, 2.24) is 5.32 Å². The zero-order valence-corrected chi connectivity index (χ0v) is 12.4.